The van der Waals surface area contributed by atoms with Crippen molar-refractivity contribution in [2.45, 2.75) is 57.8 Å². The number of hydrogen-bond acceptors (Lipinski definition) is 4. The molecule has 1 amide bonds. The number of aryl methyl sites for hydroxylation is 1. The van der Waals surface area contributed by atoms with Crippen LogP contribution in [0, 0.1) is 5.92 Å². The molecule has 1 atom stereocenters. The molecule has 2 fully saturated rings. The van der Waals surface area contributed by atoms with Crippen LogP contribution < -0.4 is 5.32 Å². The summed E-state index contributed by atoms with van der Waals surface area (Å²) >= 11 is 0. The molecule has 0 bridgehead atoms. The van der Waals surface area contributed by atoms with Crippen molar-refractivity contribution in [3.8, 4) is 0 Å². The van der Waals surface area contributed by atoms with Gasteiger partial charge in [-0.15, -0.1) is 0 Å². The van der Waals surface area contributed by atoms with E-state index in [1.807, 2.05) is 30.3 Å². The number of rotatable bonds is 10. The normalized spacial score (nSPS) is 21.5. The van der Waals surface area contributed by atoms with Gasteiger partial charge in [0.05, 0.1) is 11.7 Å². The van der Waals surface area contributed by atoms with Crippen LogP contribution in [-0.2, 0) is 21.2 Å². The number of nitrogens with one attached hydrogen (secondary N) is 1. The first kappa shape index (κ1) is 24.2. The molecule has 2 saturated heterocycles. The van der Waals surface area contributed by atoms with E-state index in [0.717, 1.165) is 37.8 Å². The van der Waals surface area contributed by atoms with E-state index < -0.39 is 10.0 Å². The summed E-state index contributed by atoms with van der Waals surface area (Å²) in [5.74, 6) is -0.0672. The first-order valence-corrected chi connectivity index (χ1v) is 13.7. The molecule has 1 aromatic rings. The van der Waals surface area contributed by atoms with E-state index in [0.29, 0.717) is 26.1 Å². The second kappa shape index (κ2) is 12.6. The van der Waals surface area contributed by atoms with E-state index >= 15 is 0 Å². The topological polar surface area (TPSA) is 69.7 Å². The predicted molar refractivity (Wildman–Crippen MR) is 125 cm³/mol. The maximum atomic E-state index is 12.8. The molecule has 0 spiro atoms. The highest BCUT2D eigenvalue weighted by atomic mass is 32.2. The van der Waals surface area contributed by atoms with Gasteiger partial charge in [-0.05, 0) is 70.1 Å². The zero-order chi connectivity index (χ0) is 21.9. The fourth-order valence-corrected chi connectivity index (χ4v) is 6.24. The molecule has 0 saturated carbocycles. The first-order chi connectivity index (χ1) is 15.0. The molecule has 0 aliphatic carbocycles. The second-order valence-electron chi connectivity index (χ2n) is 9.00. The van der Waals surface area contributed by atoms with E-state index in [1.165, 1.54) is 38.8 Å². The minimum atomic E-state index is -3.32. The highest BCUT2D eigenvalue weighted by Gasteiger charge is 2.31. The zero-order valence-electron chi connectivity index (χ0n) is 18.8. The maximum absolute atomic E-state index is 12.8. The summed E-state index contributed by atoms with van der Waals surface area (Å²) in [6.07, 6.45) is 9.08. The summed E-state index contributed by atoms with van der Waals surface area (Å²) in [6.45, 7) is 4.92. The van der Waals surface area contributed by atoms with Gasteiger partial charge < -0.3 is 10.2 Å². The molecule has 1 aromatic carbocycles. The average Bonchev–Trinajstić information content (AvgIpc) is 3.06. The molecule has 2 heterocycles. The number of amides is 1. The molecule has 1 N–H and O–H groups in total. The number of carbonyl (C=O) groups is 1. The fourth-order valence-electron chi connectivity index (χ4n) is 4.66. The number of carbonyl (C=O) groups excluding carboxylic acids is 1. The molecule has 0 radical (unpaired) electrons. The molecule has 31 heavy (non-hydrogen) atoms. The number of sulfonamides is 1. The highest BCUT2D eigenvalue weighted by molar-refractivity contribution is 7.89. The first-order valence-electron chi connectivity index (χ1n) is 12.1. The smallest absolute Gasteiger partial charge is 0.224 e. The Morgan fingerprint density at radius 3 is 2.45 bits per heavy atom. The number of benzene rings is 1. The Labute approximate surface area is 188 Å². The van der Waals surface area contributed by atoms with E-state index in [4.69, 9.17) is 0 Å². The van der Waals surface area contributed by atoms with Crippen LogP contribution in [0.4, 0.5) is 0 Å². The molecule has 7 heteroatoms. The van der Waals surface area contributed by atoms with Gasteiger partial charge in [0, 0.05) is 19.6 Å². The predicted octanol–water partition coefficient (Wildman–Crippen LogP) is 3.04. The van der Waals surface area contributed by atoms with Crippen molar-refractivity contribution in [3.05, 3.63) is 35.9 Å². The molecular formula is C24H39N3O3S. The molecule has 174 valence electrons. The van der Waals surface area contributed by atoms with Crippen molar-refractivity contribution in [2.75, 3.05) is 45.0 Å². The summed E-state index contributed by atoms with van der Waals surface area (Å²) in [5, 5.41) is 3.06. The second-order valence-corrected chi connectivity index (χ2v) is 11.1. The molecule has 0 aromatic heterocycles. The van der Waals surface area contributed by atoms with Crippen LogP contribution in [0.5, 0.6) is 0 Å². The summed E-state index contributed by atoms with van der Waals surface area (Å²) in [7, 11) is -3.32. The highest BCUT2D eigenvalue weighted by Crippen LogP contribution is 2.20. The van der Waals surface area contributed by atoms with Gasteiger partial charge in [0.1, 0.15) is 0 Å². The lowest BCUT2D eigenvalue weighted by molar-refractivity contribution is -0.126. The molecule has 0 unspecified atom stereocenters. The van der Waals surface area contributed by atoms with E-state index in [-0.39, 0.29) is 17.6 Å². The van der Waals surface area contributed by atoms with Gasteiger partial charge in [0.25, 0.3) is 0 Å². The number of likely N-dealkylation sites (tertiary alicyclic amines) is 1. The van der Waals surface area contributed by atoms with Crippen molar-refractivity contribution in [1.82, 2.24) is 14.5 Å². The van der Waals surface area contributed by atoms with Crippen LogP contribution in [-0.4, -0.2) is 68.6 Å². The lowest BCUT2D eigenvalue weighted by atomic mass is 9.99. The number of nitrogens with zero attached hydrogens (tertiary/aromatic N) is 2. The molecule has 2 aliphatic rings. The molecule has 2 aliphatic heterocycles. The van der Waals surface area contributed by atoms with Crippen molar-refractivity contribution in [2.24, 2.45) is 5.92 Å². The van der Waals surface area contributed by atoms with Crippen molar-refractivity contribution in [1.29, 1.82) is 0 Å². The maximum Gasteiger partial charge on any atom is 0.224 e. The quantitative estimate of drug-likeness (QED) is 0.558. The van der Waals surface area contributed by atoms with Gasteiger partial charge >= 0.3 is 0 Å². The van der Waals surface area contributed by atoms with Gasteiger partial charge in [0.2, 0.25) is 15.9 Å². The Bertz CT molecular complexity index is 762. The minimum absolute atomic E-state index is 0.0139. The fraction of sp³-hybridized carbons (Fsp3) is 0.708. The summed E-state index contributed by atoms with van der Waals surface area (Å²) in [4.78, 5) is 15.1. The van der Waals surface area contributed by atoms with Crippen LogP contribution in [0.1, 0.15) is 56.9 Å². The van der Waals surface area contributed by atoms with Crippen LogP contribution in [0.3, 0.4) is 0 Å². The van der Waals surface area contributed by atoms with Gasteiger partial charge in [0.15, 0.2) is 0 Å². The number of hydrogen-bond donors (Lipinski definition) is 1. The van der Waals surface area contributed by atoms with Crippen LogP contribution in [0.15, 0.2) is 30.3 Å². The molecule has 3 rings (SSSR count). The van der Waals surface area contributed by atoms with E-state index in [1.54, 1.807) is 4.31 Å². The van der Waals surface area contributed by atoms with E-state index in [9.17, 15) is 13.2 Å². The van der Waals surface area contributed by atoms with Crippen LogP contribution in [0.25, 0.3) is 0 Å². The minimum Gasteiger partial charge on any atom is -0.356 e. The summed E-state index contributed by atoms with van der Waals surface area (Å²) in [6, 6.07) is 9.98. The Kier molecular flexibility index (Phi) is 9.81. The van der Waals surface area contributed by atoms with Crippen LogP contribution >= 0.6 is 0 Å². The lowest BCUT2D eigenvalue weighted by Crippen LogP contribution is -2.46. The van der Waals surface area contributed by atoms with Crippen molar-refractivity contribution >= 4 is 15.9 Å². The monoisotopic (exact) mass is 449 g/mol. The van der Waals surface area contributed by atoms with Gasteiger partial charge in [-0.3, -0.25) is 4.79 Å². The van der Waals surface area contributed by atoms with Gasteiger partial charge in [-0.2, -0.15) is 0 Å². The zero-order valence-corrected chi connectivity index (χ0v) is 19.6. The SMILES string of the molecule is O=C(NCCCN1CCCCCC1)[C@@H]1CCCN(S(=O)(=O)CCCc2ccccc2)C1. The molecule has 6 nitrogen and oxygen atoms in total. The molecular weight excluding hydrogens is 410 g/mol. The summed E-state index contributed by atoms with van der Waals surface area (Å²) in [5.41, 5.74) is 1.16. The Hall–Kier alpha value is -1.44. The summed E-state index contributed by atoms with van der Waals surface area (Å²) < 4.78 is 27.1. The van der Waals surface area contributed by atoms with Crippen molar-refractivity contribution < 1.29 is 13.2 Å². The largest absolute Gasteiger partial charge is 0.356 e. The van der Waals surface area contributed by atoms with Crippen LogP contribution in [0.2, 0.25) is 0 Å². The van der Waals surface area contributed by atoms with E-state index in [2.05, 4.69) is 10.2 Å². The number of piperidine rings is 1. The third-order valence-corrected chi connectivity index (χ3v) is 8.43. The average molecular weight is 450 g/mol. The third kappa shape index (κ3) is 8.20. The van der Waals surface area contributed by atoms with Gasteiger partial charge in [-0.1, -0.05) is 43.2 Å². The Morgan fingerprint density at radius 2 is 1.71 bits per heavy atom. The Balaban J connectivity index is 1.37. The van der Waals surface area contributed by atoms with Gasteiger partial charge in [-0.25, -0.2) is 12.7 Å². The standard InChI is InChI=1S/C24H39N3O3S/c28-24(25-15-10-18-26-16-6-1-2-7-17-26)23-14-8-19-27(21-23)31(29,30)20-9-13-22-11-4-3-5-12-22/h3-5,11-12,23H,1-2,6-10,13-21H2,(H,25,28)/t23-/m1/s1. The third-order valence-electron chi connectivity index (χ3n) is 6.51. The Morgan fingerprint density at radius 1 is 0.968 bits per heavy atom. The lowest BCUT2D eigenvalue weighted by Gasteiger charge is -2.31. The van der Waals surface area contributed by atoms with Crippen molar-refractivity contribution in [3.63, 3.8) is 0 Å².